The fraction of sp³-hybridized carbons (Fsp3) is 0.231. The topological polar surface area (TPSA) is 49.8 Å². The fourth-order valence-corrected chi connectivity index (χ4v) is 2.17. The Morgan fingerprint density at radius 1 is 1.32 bits per heavy atom. The van der Waals surface area contributed by atoms with Gasteiger partial charge in [0.15, 0.2) is 5.82 Å². The van der Waals surface area contributed by atoms with Gasteiger partial charge in [-0.25, -0.2) is 4.98 Å². The van der Waals surface area contributed by atoms with Crippen molar-refractivity contribution in [2.24, 2.45) is 0 Å². The molecule has 2 rings (SSSR count). The van der Waals surface area contributed by atoms with E-state index < -0.39 is 0 Å². The Balaban J connectivity index is 2.08. The van der Waals surface area contributed by atoms with Gasteiger partial charge in [-0.1, -0.05) is 39.7 Å². The molecule has 1 aromatic carbocycles. The van der Waals surface area contributed by atoms with Gasteiger partial charge in [-0.15, -0.1) is 0 Å². The van der Waals surface area contributed by atoms with E-state index in [4.69, 9.17) is 11.6 Å². The molecule has 0 fully saturated rings. The minimum atomic E-state index is 0.511. The van der Waals surface area contributed by atoms with E-state index in [0.717, 1.165) is 16.6 Å². The van der Waals surface area contributed by atoms with Gasteiger partial charge in [0.25, 0.3) is 0 Å². The maximum Gasteiger partial charge on any atom is 0.224 e. The summed E-state index contributed by atoms with van der Waals surface area (Å²) in [6.45, 7) is 3.42. The largest absolute Gasteiger partial charge is 0.365 e. The third kappa shape index (κ3) is 4.08. The van der Waals surface area contributed by atoms with Gasteiger partial charge in [-0.2, -0.15) is 4.98 Å². The van der Waals surface area contributed by atoms with Crippen molar-refractivity contribution in [2.75, 3.05) is 17.2 Å². The van der Waals surface area contributed by atoms with E-state index in [9.17, 15) is 0 Å². The molecule has 0 aliphatic rings. The number of rotatable bonds is 5. The summed E-state index contributed by atoms with van der Waals surface area (Å²) in [6.07, 6.45) is 1.59. The van der Waals surface area contributed by atoms with Crippen LogP contribution < -0.4 is 10.6 Å². The van der Waals surface area contributed by atoms with E-state index in [-0.39, 0.29) is 0 Å². The van der Waals surface area contributed by atoms with Gasteiger partial charge < -0.3 is 10.6 Å². The van der Waals surface area contributed by atoms with Crippen LogP contribution in [0.25, 0.3) is 0 Å². The molecule has 0 amide bonds. The minimum absolute atomic E-state index is 0.511. The summed E-state index contributed by atoms with van der Waals surface area (Å²) in [5, 5.41) is 6.78. The smallest absolute Gasteiger partial charge is 0.224 e. The summed E-state index contributed by atoms with van der Waals surface area (Å²) in [5.74, 6) is 1.20. The molecule has 6 heteroatoms. The van der Waals surface area contributed by atoms with E-state index in [1.54, 1.807) is 6.20 Å². The molecule has 1 aromatic heterocycles. The second-order valence-electron chi connectivity index (χ2n) is 3.90. The average Bonchev–Trinajstić information content (AvgIpc) is 2.40. The fourth-order valence-electron chi connectivity index (χ4n) is 1.57. The van der Waals surface area contributed by atoms with Crippen molar-refractivity contribution >= 4 is 39.3 Å². The Hall–Kier alpha value is -1.33. The lowest BCUT2D eigenvalue weighted by atomic mass is 10.2. The molecule has 0 aliphatic carbocycles. The molecule has 2 aromatic rings. The minimum Gasteiger partial charge on any atom is -0.365 e. The average molecular weight is 342 g/mol. The lowest BCUT2D eigenvalue weighted by Gasteiger charge is -2.09. The second kappa shape index (κ2) is 6.73. The van der Waals surface area contributed by atoms with Crippen molar-refractivity contribution in [3.8, 4) is 0 Å². The van der Waals surface area contributed by atoms with Crippen LogP contribution in [0.2, 0.25) is 5.02 Å². The van der Waals surface area contributed by atoms with Gasteiger partial charge in [0, 0.05) is 17.6 Å². The van der Waals surface area contributed by atoms with E-state index in [2.05, 4.69) is 36.5 Å². The van der Waals surface area contributed by atoms with Gasteiger partial charge >= 0.3 is 0 Å². The maximum absolute atomic E-state index is 6.07. The molecule has 0 radical (unpaired) electrons. The van der Waals surface area contributed by atoms with Crippen molar-refractivity contribution in [3.05, 3.63) is 45.5 Å². The van der Waals surface area contributed by atoms with E-state index >= 15 is 0 Å². The Morgan fingerprint density at radius 2 is 2.16 bits per heavy atom. The highest BCUT2D eigenvalue weighted by atomic mass is 79.9. The summed E-state index contributed by atoms with van der Waals surface area (Å²) in [5.41, 5.74) is 1.15. The zero-order chi connectivity index (χ0) is 13.7. The summed E-state index contributed by atoms with van der Waals surface area (Å²) in [6, 6.07) is 8.07. The number of benzene rings is 1. The quantitative estimate of drug-likeness (QED) is 0.865. The van der Waals surface area contributed by atoms with Gasteiger partial charge in [0.05, 0.1) is 6.20 Å². The predicted molar refractivity (Wildman–Crippen MR) is 82.7 cm³/mol. The normalized spacial score (nSPS) is 10.3. The molecule has 2 N–H and O–H groups in total. The third-order valence-electron chi connectivity index (χ3n) is 2.43. The monoisotopic (exact) mass is 340 g/mol. The van der Waals surface area contributed by atoms with Crippen LogP contribution in [0.1, 0.15) is 12.5 Å². The zero-order valence-corrected chi connectivity index (χ0v) is 12.8. The lowest BCUT2D eigenvalue weighted by Crippen LogP contribution is -2.07. The van der Waals surface area contributed by atoms with Crippen LogP contribution >= 0.6 is 27.5 Å². The van der Waals surface area contributed by atoms with Gasteiger partial charge in [-0.05, 0) is 24.6 Å². The number of halogens is 2. The number of hydrogen-bond donors (Lipinski definition) is 2. The van der Waals surface area contributed by atoms with Crippen LogP contribution in [-0.4, -0.2) is 16.5 Å². The summed E-state index contributed by atoms with van der Waals surface area (Å²) in [7, 11) is 0. The molecule has 100 valence electrons. The first-order chi connectivity index (χ1) is 9.19. The lowest BCUT2D eigenvalue weighted by molar-refractivity contribution is 1.05. The second-order valence-corrected chi connectivity index (χ2v) is 5.23. The summed E-state index contributed by atoms with van der Waals surface area (Å²) < 4.78 is 1.05. The molecule has 4 nitrogen and oxygen atoms in total. The first kappa shape index (κ1) is 14.1. The van der Waals surface area contributed by atoms with Gasteiger partial charge in [0.1, 0.15) is 5.02 Å². The standard InChI is InChI=1S/C13H14BrClN4/c1-2-16-13-18-8-11(15)12(19-13)17-7-9-4-3-5-10(14)6-9/h3-6,8H,2,7H2,1H3,(H2,16,17,18,19). The van der Waals surface area contributed by atoms with Crippen LogP contribution in [0, 0.1) is 0 Å². The first-order valence-electron chi connectivity index (χ1n) is 5.93. The van der Waals surface area contributed by atoms with Crippen LogP contribution in [0.5, 0.6) is 0 Å². The summed E-state index contributed by atoms with van der Waals surface area (Å²) >= 11 is 9.51. The Morgan fingerprint density at radius 3 is 2.89 bits per heavy atom. The number of nitrogens with zero attached hydrogens (tertiary/aromatic N) is 2. The molecule has 0 aliphatic heterocycles. The highest BCUT2D eigenvalue weighted by Crippen LogP contribution is 2.20. The number of aromatic nitrogens is 2. The molecule has 0 bridgehead atoms. The third-order valence-corrected chi connectivity index (χ3v) is 3.20. The van der Waals surface area contributed by atoms with Crippen molar-refractivity contribution in [1.29, 1.82) is 0 Å². The van der Waals surface area contributed by atoms with Crippen LogP contribution in [-0.2, 0) is 6.54 Å². The zero-order valence-electron chi connectivity index (χ0n) is 10.5. The SMILES string of the molecule is CCNc1ncc(Cl)c(NCc2cccc(Br)c2)n1. The maximum atomic E-state index is 6.07. The molecule has 0 saturated heterocycles. The van der Waals surface area contributed by atoms with Crippen LogP contribution in [0.3, 0.4) is 0 Å². The number of hydrogen-bond acceptors (Lipinski definition) is 4. The van der Waals surface area contributed by atoms with Gasteiger partial charge in [-0.3, -0.25) is 0 Å². The molecule has 0 saturated carbocycles. The molecule has 0 unspecified atom stereocenters. The summed E-state index contributed by atoms with van der Waals surface area (Å²) in [4.78, 5) is 8.42. The predicted octanol–water partition coefficient (Wildman–Crippen LogP) is 3.94. The van der Waals surface area contributed by atoms with Crippen molar-refractivity contribution in [2.45, 2.75) is 13.5 Å². The highest BCUT2D eigenvalue weighted by Gasteiger charge is 2.04. The first-order valence-corrected chi connectivity index (χ1v) is 7.11. The molecule has 1 heterocycles. The molecular formula is C13H14BrClN4. The Bertz CT molecular complexity index is 562. The van der Waals surface area contributed by atoms with Crippen LogP contribution in [0.4, 0.5) is 11.8 Å². The van der Waals surface area contributed by atoms with Gasteiger partial charge in [0.2, 0.25) is 5.95 Å². The van der Waals surface area contributed by atoms with E-state index in [1.807, 2.05) is 31.2 Å². The molecule has 0 spiro atoms. The molecule has 0 atom stereocenters. The molecule has 19 heavy (non-hydrogen) atoms. The van der Waals surface area contributed by atoms with Crippen molar-refractivity contribution in [3.63, 3.8) is 0 Å². The van der Waals surface area contributed by atoms with E-state index in [0.29, 0.717) is 23.3 Å². The van der Waals surface area contributed by atoms with E-state index in [1.165, 1.54) is 0 Å². The van der Waals surface area contributed by atoms with Crippen molar-refractivity contribution < 1.29 is 0 Å². The number of anilines is 2. The van der Waals surface area contributed by atoms with Crippen molar-refractivity contribution in [1.82, 2.24) is 9.97 Å². The Labute approximate surface area is 125 Å². The number of nitrogens with one attached hydrogen (secondary N) is 2. The van der Waals surface area contributed by atoms with Crippen LogP contribution in [0.15, 0.2) is 34.9 Å². The molecular weight excluding hydrogens is 328 g/mol. The Kier molecular flexibility index (Phi) is 4.99. The highest BCUT2D eigenvalue weighted by molar-refractivity contribution is 9.10.